The van der Waals surface area contributed by atoms with E-state index in [1.54, 1.807) is 19.4 Å². The summed E-state index contributed by atoms with van der Waals surface area (Å²) in [6, 6.07) is 11.7. The van der Waals surface area contributed by atoms with Gasteiger partial charge in [-0.3, -0.25) is 9.59 Å². The second-order valence-corrected chi connectivity index (χ2v) is 8.61. The minimum Gasteiger partial charge on any atom is -0.497 e. The highest BCUT2D eigenvalue weighted by molar-refractivity contribution is 6.00. The first-order chi connectivity index (χ1) is 17.0. The lowest BCUT2D eigenvalue weighted by Crippen LogP contribution is -2.30. The fourth-order valence-electron chi connectivity index (χ4n) is 4.38. The van der Waals surface area contributed by atoms with Crippen LogP contribution in [0.25, 0.3) is 27.7 Å². The average molecular weight is 477 g/mol. The zero-order valence-electron chi connectivity index (χ0n) is 20.6. The van der Waals surface area contributed by atoms with E-state index in [-0.39, 0.29) is 11.8 Å². The molecule has 0 saturated carbocycles. The summed E-state index contributed by atoms with van der Waals surface area (Å²) >= 11 is 0. The molecule has 35 heavy (non-hydrogen) atoms. The molecule has 0 unspecified atom stereocenters. The number of carbonyl (C=O) groups excluding carboxylic acids is 2. The van der Waals surface area contributed by atoms with E-state index in [0.717, 1.165) is 58.4 Å². The minimum absolute atomic E-state index is 0.166. The van der Waals surface area contributed by atoms with Crippen LogP contribution < -0.4 is 14.8 Å². The van der Waals surface area contributed by atoms with Crippen LogP contribution in [0.3, 0.4) is 0 Å². The van der Waals surface area contributed by atoms with Crippen molar-refractivity contribution in [3.8, 4) is 22.6 Å². The molecule has 0 atom stereocenters. The van der Waals surface area contributed by atoms with Crippen molar-refractivity contribution >= 4 is 28.4 Å². The summed E-state index contributed by atoms with van der Waals surface area (Å²) in [5.41, 5.74) is 4.32. The molecule has 4 rings (SSSR count). The Kier molecular flexibility index (Phi) is 7.75. The number of amides is 2. The lowest BCUT2D eigenvalue weighted by atomic mass is 9.99. The number of benzene rings is 2. The first-order valence-corrected chi connectivity index (χ1v) is 12.1. The van der Waals surface area contributed by atoms with Crippen molar-refractivity contribution in [3.63, 3.8) is 0 Å². The van der Waals surface area contributed by atoms with E-state index < -0.39 is 0 Å². The third-order valence-electron chi connectivity index (χ3n) is 6.22. The fraction of sp³-hybridized carbons (Fsp3) is 0.357. The molecule has 0 aliphatic carbocycles. The van der Waals surface area contributed by atoms with Gasteiger partial charge in [0.2, 0.25) is 11.8 Å². The number of nitrogens with zero attached hydrogens (tertiary/aromatic N) is 1. The summed E-state index contributed by atoms with van der Waals surface area (Å²) in [6.45, 7) is 6.35. The van der Waals surface area contributed by atoms with Crippen molar-refractivity contribution in [2.45, 2.75) is 33.1 Å². The molecule has 2 aromatic carbocycles. The van der Waals surface area contributed by atoms with Gasteiger partial charge in [0.15, 0.2) is 0 Å². The smallest absolute Gasteiger partial charge is 0.244 e. The largest absolute Gasteiger partial charge is 0.497 e. The van der Waals surface area contributed by atoms with Gasteiger partial charge in [-0.1, -0.05) is 12.1 Å². The van der Waals surface area contributed by atoms with E-state index in [1.807, 2.05) is 55.1 Å². The Morgan fingerprint density at radius 1 is 1.23 bits per heavy atom. The molecule has 1 fully saturated rings. The highest BCUT2D eigenvalue weighted by Crippen LogP contribution is 2.37. The highest BCUT2D eigenvalue weighted by Gasteiger charge is 2.19. The molecule has 1 N–H and O–H groups in total. The first-order valence-electron chi connectivity index (χ1n) is 12.1. The minimum atomic E-state index is -0.166. The van der Waals surface area contributed by atoms with Gasteiger partial charge >= 0.3 is 0 Å². The Balaban J connectivity index is 1.52. The molecule has 2 heterocycles. The summed E-state index contributed by atoms with van der Waals surface area (Å²) in [5.74, 6) is 1.50. The monoisotopic (exact) mass is 476 g/mol. The van der Waals surface area contributed by atoms with Gasteiger partial charge < -0.3 is 24.1 Å². The Morgan fingerprint density at radius 3 is 2.71 bits per heavy atom. The predicted octanol–water partition coefficient (Wildman–Crippen LogP) is 5.04. The molecule has 0 radical (unpaired) electrons. The van der Waals surface area contributed by atoms with Gasteiger partial charge in [-0.15, -0.1) is 0 Å². The molecule has 1 aliphatic heterocycles. The molecule has 2 amide bonds. The highest BCUT2D eigenvalue weighted by atomic mass is 16.5. The van der Waals surface area contributed by atoms with Gasteiger partial charge in [0.05, 0.1) is 20.0 Å². The van der Waals surface area contributed by atoms with Gasteiger partial charge in [-0.05, 0) is 56.0 Å². The molecule has 7 heteroatoms. The Morgan fingerprint density at radius 2 is 2.03 bits per heavy atom. The second-order valence-electron chi connectivity index (χ2n) is 8.61. The van der Waals surface area contributed by atoms with Crippen LogP contribution in [0.2, 0.25) is 0 Å². The van der Waals surface area contributed by atoms with Crippen molar-refractivity contribution < 1.29 is 23.5 Å². The van der Waals surface area contributed by atoms with Crippen LogP contribution in [0.15, 0.2) is 53.2 Å². The van der Waals surface area contributed by atoms with Crippen molar-refractivity contribution in [3.05, 3.63) is 54.3 Å². The van der Waals surface area contributed by atoms with Gasteiger partial charge in [0.25, 0.3) is 0 Å². The third-order valence-corrected chi connectivity index (χ3v) is 6.22. The zero-order valence-corrected chi connectivity index (χ0v) is 20.6. The van der Waals surface area contributed by atoms with Crippen LogP contribution in [-0.4, -0.2) is 50.1 Å². The van der Waals surface area contributed by atoms with E-state index in [4.69, 9.17) is 13.9 Å². The van der Waals surface area contributed by atoms with E-state index >= 15 is 0 Å². The Hall–Kier alpha value is -3.74. The number of hydrogen-bond donors (Lipinski definition) is 1. The SMILES string of the molecule is CCOc1cc2occ(-c3ccc(OC)cc3)c2cc1/C(C)=C/C(=O)NCCCN1CCCC1=O. The first kappa shape index (κ1) is 24.4. The number of fused-ring (bicyclic) bond motifs is 1. The molecular weight excluding hydrogens is 444 g/mol. The number of ether oxygens (including phenoxy) is 2. The Bertz CT molecular complexity index is 1230. The molecule has 0 spiro atoms. The van der Waals surface area contributed by atoms with Crippen LogP contribution in [0.1, 0.15) is 38.7 Å². The molecule has 1 aliphatic rings. The number of likely N-dealkylation sites (tertiary alicyclic amines) is 1. The van der Waals surface area contributed by atoms with Gasteiger partial charge in [-0.25, -0.2) is 0 Å². The topological polar surface area (TPSA) is 81.0 Å². The molecule has 3 aromatic rings. The summed E-state index contributed by atoms with van der Waals surface area (Å²) in [6.07, 6.45) is 5.63. The van der Waals surface area contributed by atoms with Crippen LogP contribution in [0.4, 0.5) is 0 Å². The summed E-state index contributed by atoms with van der Waals surface area (Å²) in [7, 11) is 1.64. The Labute approximate surface area is 205 Å². The van der Waals surface area contributed by atoms with Gasteiger partial charge in [0.1, 0.15) is 17.1 Å². The quantitative estimate of drug-likeness (QED) is 0.328. The van der Waals surface area contributed by atoms with Crippen LogP contribution in [0.5, 0.6) is 11.5 Å². The van der Waals surface area contributed by atoms with Crippen molar-refractivity contribution in [1.82, 2.24) is 10.2 Å². The number of carbonyl (C=O) groups is 2. The number of furan rings is 1. The van der Waals surface area contributed by atoms with Gasteiger partial charge in [-0.2, -0.15) is 0 Å². The van der Waals surface area contributed by atoms with Crippen molar-refractivity contribution in [2.75, 3.05) is 33.4 Å². The molecule has 1 aromatic heterocycles. The normalized spacial score (nSPS) is 14.0. The fourth-order valence-corrected chi connectivity index (χ4v) is 4.38. The summed E-state index contributed by atoms with van der Waals surface area (Å²) in [4.78, 5) is 26.2. The van der Waals surface area contributed by atoms with E-state index in [1.165, 1.54) is 0 Å². The van der Waals surface area contributed by atoms with E-state index in [2.05, 4.69) is 5.32 Å². The number of methoxy groups -OCH3 is 1. The van der Waals surface area contributed by atoms with Gasteiger partial charge in [0, 0.05) is 54.7 Å². The number of hydrogen-bond acceptors (Lipinski definition) is 5. The van der Waals surface area contributed by atoms with Crippen molar-refractivity contribution in [2.24, 2.45) is 0 Å². The third kappa shape index (κ3) is 5.67. The lowest BCUT2D eigenvalue weighted by Gasteiger charge is -2.15. The number of allylic oxidation sites excluding steroid dienone is 1. The summed E-state index contributed by atoms with van der Waals surface area (Å²) < 4.78 is 17.0. The second kappa shape index (κ2) is 11.1. The van der Waals surface area contributed by atoms with E-state index in [9.17, 15) is 9.59 Å². The lowest BCUT2D eigenvalue weighted by molar-refractivity contribution is -0.127. The predicted molar refractivity (Wildman–Crippen MR) is 136 cm³/mol. The molecular formula is C28H32N2O5. The maximum absolute atomic E-state index is 12.6. The van der Waals surface area contributed by atoms with E-state index in [0.29, 0.717) is 31.9 Å². The molecule has 1 saturated heterocycles. The van der Waals surface area contributed by atoms with Crippen LogP contribution in [0, 0.1) is 0 Å². The zero-order chi connectivity index (χ0) is 24.8. The van der Waals surface area contributed by atoms with Crippen molar-refractivity contribution in [1.29, 1.82) is 0 Å². The van der Waals surface area contributed by atoms with Crippen LogP contribution >= 0.6 is 0 Å². The molecule has 184 valence electrons. The number of nitrogens with one attached hydrogen (secondary N) is 1. The molecule has 0 bridgehead atoms. The van der Waals surface area contributed by atoms with Crippen LogP contribution in [-0.2, 0) is 9.59 Å². The summed E-state index contributed by atoms with van der Waals surface area (Å²) in [5, 5.41) is 3.87. The maximum atomic E-state index is 12.6. The maximum Gasteiger partial charge on any atom is 0.244 e. The standard InChI is InChI=1S/C28H32N2O5/c1-4-34-25-17-26-23(24(18-35-26)20-8-10-21(33-3)11-9-20)16-22(25)19(2)15-27(31)29-12-6-14-30-13-5-7-28(30)32/h8-11,15-18H,4-7,12-14H2,1-3H3,(H,29,31)/b19-15+. The average Bonchev–Trinajstić information content (AvgIpc) is 3.47. The molecule has 7 nitrogen and oxygen atoms in total. The number of rotatable bonds is 10.